The van der Waals surface area contributed by atoms with Crippen molar-refractivity contribution in [2.24, 2.45) is 10.9 Å². The first-order valence-corrected chi connectivity index (χ1v) is 7.42. The zero-order chi connectivity index (χ0) is 14.7. The average molecular weight is 296 g/mol. The molecule has 0 radical (unpaired) electrons. The number of hydrogen-bond donors (Lipinski definition) is 2. The van der Waals surface area contributed by atoms with Gasteiger partial charge in [0.2, 0.25) is 0 Å². The van der Waals surface area contributed by atoms with Gasteiger partial charge in [0.15, 0.2) is 5.84 Å². The largest absolute Gasteiger partial charge is 0.409 e. The van der Waals surface area contributed by atoms with Crippen molar-refractivity contribution >= 4 is 17.4 Å². The van der Waals surface area contributed by atoms with E-state index in [1.54, 1.807) is 6.07 Å². The highest BCUT2D eigenvalue weighted by molar-refractivity contribution is 6.31. The number of oxime groups is 1. The number of nitrogens with two attached hydrogens (primary N) is 1. The van der Waals surface area contributed by atoms with Gasteiger partial charge in [0.1, 0.15) is 0 Å². The average Bonchev–Trinajstić information content (AvgIpc) is 2.43. The Morgan fingerprint density at radius 3 is 2.60 bits per heavy atom. The molecule has 110 valence electrons. The lowest BCUT2D eigenvalue weighted by Crippen LogP contribution is -2.43. The smallest absolute Gasteiger partial charge is 0.170 e. The minimum atomic E-state index is 0.0816. The minimum absolute atomic E-state index is 0.0816. The van der Waals surface area contributed by atoms with E-state index in [1.165, 1.54) is 19.3 Å². The molecule has 0 amide bonds. The zero-order valence-corrected chi connectivity index (χ0v) is 12.8. The van der Waals surface area contributed by atoms with Crippen molar-refractivity contribution < 1.29 is 5.21 Å². The van der Waals surface area contributed by atoms with E-state index >= 15 is 0 Å². The van der Waals surface area contributed by atoms with Crippen LogP contribution in [0.5, 0.6) is 0 Å². The standard InChI is InChI=1S/C15H22ClN3O/c1-10-4-3-5-11(2)19(10)9-13-7-6-12(8-14(13)16)15(17)18-20/h6-8,10-11,20H,3-5,9H2,1-2H3,(H2,17,18)/t10-,11+. The van der Waals surface area contributed by atoms with Crippen molar-refractivity contribution in [1.82, 2.24) is 4.90 Å². The first-order chi connectivity index (χ1) is 9.52. The number of likely N-dealkylation sites (tertiary alicyclic amines) is 1. The highest BCUT2D eigenvalue weighted by Gasteiger charge is 2.25. The van der Waals surface area contributed by atoms with Gasteiger partial charge in [-0.05, 0) is 38.3 Å². The molecule has 2 rings (SSSR count). The fourth-order valence-electron chi connectivity index (χ4n) is 2.88. The van der Waals surface area contributed by atoms with Gasteiger partial charge in [0.05, 0.1) is 0 Å². The summed E-state index contributed by atoms with van der Waals surface area (Å²) in [6.07, 6.45) is 3.78. The molecule has 1 saturated heterocycles. The second-order valence-corrected chi connectivity index (χ2v) is 6.00. The monoisotopic (exact) mass is 295 g/mol. The summed E-state index contributed by atoms with van der Waals surface area (Å²) in [7, 11) is 0. The number of amidine groups is 1. The van der Waals surface area contributed by atoms with E-state index in [9.17, 15) is 0 Å². The van der Waals surface area contributed by atoms with Gasteiger partial charge >= 0.3 is 0 Å². The van der Waals surface area contributed by atoms with E-state index in [0.717, 1.165) is 12.1 Å². The number of piperidine rings is 1. The van der Waals surface area contributed by atoms with Crippen molar-refractivity contribution in [2.75, 3.05) is 0 Å². The summed E-state index contributed by atoms with van der Waals surface area (Å²) in [5, 5.41) is 12.4. The molecule has 1 aromatic carbocycles. The highest BCUT2D eigenvalue weighted by Crippen LogP contribution is 2.27. The molecule has 1 heterocycles. The van der Waals surface area contributed by atoms with Crippen molar-refractivity contribution in [3.63, 3.8) is 0 Å². The SMILES string of the molecule is C[C@@H]1CCC[C@H](C)N1Cc1ccc(/C(N)=N/O)cc1Cl. The molecule has 1 fully saturated rings. The molecule has 2 atom stereocenters. The number of hydrogen-bond acceptors (Lipinski definition) is 3. The molecule has 0 aliphatic carbocycles. The third-order valence-electron chi connectivity index (χ3n) is 4.19. The third-order valence-corrected chi connectivity index (χ3v) is 4.54. The van der Waals surface area contributed by atoms with Gasteiger partial charge in [-0.15, -0.1) is 0 Å². The van der Waals surface area contributed by atoms with Crippen LogP contribution in [0.4, 0.5) is 0 Å². The maximum absolute atomic E-state index is 8.69. The summed E-state index contributed by atoms with van der Waals surface area (Å²) >= 11 is 6.33. The number of rotatable bonds is 3. The predicted octanol–water partition coefficient (Wildman–Crippen LogP) is 3.20. The van der Waals surface area contributed by atoms with Crippen LogP contribution in [0, 0.1) is 0 Å². The molecule has 0 unspecified atom stereocenters. The number of nitrogens with zero attached hydrogens (tertiary/aromatic N) is 2. The molecule has 3 N–H and O–H groups in total. The molecule has 0 saturated carbocycles. The van der Waals surface area contributed by atoms with Gasteiger partial charge in [-0.25, -0.2) is 0 Å². The summed E-state index contributed by atoms with van der Waals surface area (Å²) < 4.78 is 0. The fourth-order valence-corrected chi connectivity index (χ4v) is 3.12. The molecule has 0 spiro atoms. The Bertz CT molecular complexity index is 494. The van der Waals surface area contributed by atoms with E-state index in [1.807, 2.05) is 12.1 Å². The lowest BCUT2D eigenvalue weighted by molar-refractivity contribution is 0.0953. The number of halogens is 1. The Morgan fingerprint density at radius 1 is 1.40 bits per heavy atom. The molecule has 1 aromatic rings. The van der Waals surface area contributed by atoms with Gasteiger partial charge in [-0.1, -0.05) is 35.3 Å². The van der Waals surface area contributed by atoms with Gasteiger partial charge in [0.25, 0.3) is 0 Å². The Morgan fingerprint density at radius 2 is 2.05 bits per heavy atom. The van der Waals surface area contributed by atoms with Crippen molar-refractivity contribution in [3.05, 3.63) is 34.3 Å². The van der Waals surface area contributed by atoms with E-state index in [4.69, 9.17) is 22.5 Å². The van der Waals surface area contributed by atoms with E-state index < -0.39 is 0 Å². The third kappa shape index (κ3) is 3.25. The summed E-state index contributed by atoms with van der Waals surface area (Å²) in [6, 6.07) is 6.72. The second kappa shape index (κ2) is 6.46. The van der Waals surface area contributed by atoms with E-state index in [2.05, 4.69) is 23.9 Å². The Balaban J connectivity index is 2.17. The van der Waals surface area contributed by atoms with Crippen LogP contribution in [-0.4, -0.2) is 28.0 Å². The highest BCUT2D eigenvalue weighted by atomic mass is 35.5. The molecule has 1 aliphatic rings. The predicted molar refractivity (Wildman–Crippen MR) is 82.3 cm³/mol. The second-order valence-electron chi connectivity index (χ2n) is 5.59. The van der Waals surface area contributed by atoms with Crippen LogP contribution in [-0.2, 0) is 6.54 Å². The summed E-state index contributed by atoms with van der Waals surface area (Å²) in [5.41, 5.74) is 7.30. The van der Waals surface area contributed by atoms with Crippen LogP contribution in [0.3, 0.4) is 0 Å². The lowest BCUT2D eigenvalue weighted by atomic mass is 9.96. The minimum Gasteiger partial charge on any atom is -0.409 e. The molecular weight excluding hydrogens is 274 g/mol. The van der Waals surface area contributed by atoms with Gasteiger partial charge in [-0.2, -0.15) is 0 Å². The Labute approximate surface area is 125 Å². The molecular formula is C15H22ClN3O. The molecule has 0 aromatic heterocycles. The summed E-state index contributed by atoms with van der Waals surface area (Å²) in [6.45, 7) is 5.39. The van der Waals surface area contributed by atoms with Crippen molar-refractivity contribution in [3.8, 4) is 0 Å². The van der Waals surface area contributed by atoms with Gasteiger partial charge in [-0.3, -0.25) is 4.90 Å². The Kier molecular flexibility index (Phi) is 4.89. The molecule has 1 aliphatic heterocycles. The first-order valence-electron chi connectivity index (χ1n) is 7.05. The summed E-state index contributed by atoms with van der Waals surface area (Å²) in [4.78, 5) is 2.49. The summed E-state index contributed by atoms with van der Waals surface area (Å²) in [5.74, 6) is 0.0816. The van der Waals surface area contributed by atoms with Crippen LogP contribution in [0.15, 0.2) is 23.4 Å². The molecule has 4 nitrogen and oxygen atoms in total. The first kappa shape index (κ1) is 15.1. The van der Waals surface area contributed by atoms with Crippen LogP contribution in [0.25, 0.3) is 0 Å². The van der Waals surface area contributed by atoms with Crippen molar-refractivity contribution in [1.29, 1.82) is 0 Å². The van der Waals surface area contributed by atoms with E-state index in [-0.39, 0.29) is 5.84 Å². The van der Waals surface area contributed by atoms with Crippen molar-refractivity contribution in [2.45, 2.75) is 51.7 Å². The molecule has 5 heteroatoms. The maximum atomic E-state index is 8.69. The van der Waals surface area contributed by atoms with Gasteiger partial charge in [0, 0.05) is 29.2 Å². The molecule has 20 heavy (non-hydrogen) atoms. The maximum Gasteiger partial charge on any atom is 0.170 e. The van der Waals surface area contributed by atoms with Crippen LogP contribution in [0.2, 0.25) is 5.02 Å². The van der Waals surface area contributed by atoms with Crippen LogP contribution in [0.1, 0.15) is 44.2 Å². The van der Waals surface area contributed by atoms with E-state index in [0.29, 0.717) is 22.7 Å². The van der Waals surface area contributed by atoms with Gasteiger partial charge < -0.3 is 10.9 Å². The quantitative estimate of drug-likeness (QED) is 0.390. The normalized spacial score (nSPS) is 24.9. The lowest BCUT2D eigenvalue weighted by Gasteiger charge is -2.39. The fraction of sp³-hybridized carbons (Fsp3) is 0.533. The topological polar surface area (TPSA) is 61.8 Å². The Hall–Kier alpha value is -1.26. The molecule has 0 bridgehead atoms. The number of benzene rings is 1. The van der Waals surface area contributed by atoms with Crippen LogP contribution >= 0.6 is 11.6 Å². The van der Waals surface area contributed by atoms with Crippen LogP contribution < -0.4 is 5.73 Å². The zero-order valence-electron chi connectivity index (χ0n) is 12.0.